The Morgan fingerprint density at radius 2 is 1.89 bits per heavy atom. The molecule has 0 bridgehead atoms. The predicted molar refractivity (Wildman–Crippen MR) is 70.5 cm³/mol. The number of nitrogens with zero attached hydrogens (tertiary/aromatic N) is 1. The smallest absolute Gasteiger partial charge is 0.320 e. The van der Waals surface area contributed by atoms with E-state index >= 15 is 0 Å². The van der Waals surface area contributed by atoms with E-state index in [-0.39, 0.29) is 11.9 Å². The highest BCUT2D eigenvalue weighted by Crippen LogP contribution is 2.22. The molecule has 1 aliphatic rings. The van der Waals surface area contributed by atoms with Crippen molar-refractivity contribution in [1.29, 1.82) is 0 Å². The maximum atomic E-state index is 12.1. The number of carbonyl (C=O) groups is 2. The molecule has 2 rings (SSSR count). The van der Waals surface area contributed by atoms with Crippen LogP contribution in [0, 0.1) is 0 Å². The van der Waals surface area contributed by atoms with Gasteiger partial charge >= 0.3 is 5.97 Å². The first-order valence-corrected chi connectivity index (χ1v) is 6.36. The van der Waals surface area contributed by atoms with E-state index in [0.29, 0.717) is 19.4 Å². The number of likely N-dealkylation sites (N-methyl/N-ethyl adjacent to an activating group) is 1. The Morgan fingerprint density at radius 1 is 1.26 bits per heavy atom. The van der Waals surface area contributed by atoms with Crippen LogP contribution >= 0.6 is 0 Å². The summed E-state index contributed by atoms with van der Waals surface area (Å²) in [6.45, 7) is 0.474. The van der Waals surface area contributed by atoms with Crippen LogP contribution in [0.3, 0.4) is 0 Å². The van der Waals surface area contributed by atoms with Gasteiger partial charge in [0, 0.05) is 6.54 Å². The van der Waals surface area contributed by atoms with Gasteiger partial charge in [0.15, 0.2) is 0 Å². The Balaban J connectivity index is 1.89. The zero-order valence-electron chi connectivity index (χ0n) is 10.9. The number of hydrogen-bond acceptors (Lipinski definition) is 3. The van der Waals surface area contributed by atoms with Crippen molar-refractivity contribution in [2.45, 2.75) is 31.5 Å². The van der Waals surface area contributed by atoms with Crippen molar-refractivity contribution in [3.05, 3.63) is 35.9 Å². The molecule has 0 aromatic heterocycles. The second-order valence-corrected chi connectivity index (χ2v) is 4.82. The third kappa shape index (κ3) is 3.12. The maximum absolute atomic E-state index is 12.1. The molecule has 0 radical (unpaired) electrons. The predicted octanol–water partition coefficient (Wildman–Crippen LogP) is 0.850. The average Bonchev–Trinajstić information content (AvgIpc) is 2.79. The van der Waals surface area contributed by atoms with Crippen molar-refractivity contribution in [3.63, 3.8) is 0 Å². The molecule has 1 saturated heterocycles. The van der Waals surface area contributed by atoms with Gasteiger partial charge in [-0.15, -0.1) is 0 Å². The van der Waals surface area contributed by atoms with Crippen LogP contribution in [0.15, 0.2) is 30.3 Å². The van der Waals surface area contributed by atoms with Crippen LogP contribution in [0.5, 0.6) is 0 Å². The lowest BCUT2D eigenvalue weighted by molar-refractivity contribution is -0.142. The third-order valence-corrected chi connectivity index (χ3v) is 3.59. The summed E-state index contributed by atoms with van der Waals surface area (Å²) in [5.41, 5.74) is 1.03. The number of carbonyl (C=O) groups excluding carboxylic acids is 1. The fourth-order valence-corrected chi connectivity index (χ4v) is 2.46. The summed E-state index contributed by atoms with van der Waals surface area (Å²) >= 11 is 0. The molecule has 0 spiro atoms. The van der Waals surface area contributed by atoms with Crippen molar-refractivity contribution in [2.75, 3.05) is 7.05 Å². The molecule has 5 nitrogen and oxygen atoms in total. The summed E-state index contributed by atoms with van der Waals surface area (Å²) in [5, 5.41) is 11.9. The lowest BCUT2D eigenvalue weighted by atomic mass is 10.2. The van der Waals surface area contributed by atoms with Gasteiger partial charge in [-0.25, -0.2) is 0 Å². The van der Waals surface area contributed by atoms with Crippen molar-refractivity contribution in [2.24, 2.45) is 0 Å². The van der Waals surface area contributed by atoms with E-state index in [1.54, 1.807) is 11.9 Å². The monoisotopic (exact) mass is 262 g/mol. The second-order valence-electron chi connectivity index (χ2n) is 4.82. The van der Waals surface area contributed by atoms with Gasteiger partial charge in [-0.1, -0.05) is 30.3 Å². The molecule has 1 aliphatic heterocycles. The molecule has 1 fully saturated rings. The molecular weight excluding hydrogens is 244 g/mol. The first-order chi connectivity index (χ1) is 9.09. The third-order valence-electron chi connectivity index (χ3n) is 3.59. The van der Waals surface area contributed by atoms with Gasteiger partial charge in [0.25, 0.3) is 0 Å². The van der Waals surface area contributed by atoms with Crippen LogP contribution in [-0.2, 0) is 16.1 Å². The van der Waals surface area contributed by atoms with Crippen molar-refractivity contribution in [3.8, 4) is 0 Å². The average molecular weight is 262 g/mol. The molecule has 1 aromatic rings. The molecule has 1 heterocycles. The number of nitrogens with one attached hydrogen (secondary N) is 1. The van der Waals surface area contributed by atoms with E-state index in [0.717, 1.165) is 5.56 Å². The zero-order chi connectivity index (χ0) is 13.8. The number of amides is 1. The van der Waals surface area contributed by atoms with E-state index in [1.165, 1.54) is 0 Å². The molecule has 1 amide bonds. The van der Waals surface area contributed by atoms with Crippen LogP contribution in [0.25, 0.3) is 0 Å². The number of hydrogen-bond donors (Lipinski definition) is 2. The highest BCUT2D eigenvalue weighted by molar-refractivity contribution is 5.84. The highest BCUT2D eigenvalue weighted by Gasteiger charge is 2.38. The minimum atomic E-state index is -0.860. The topological polar surface area (TPSA) is 69.6 Å². The SMILES string of the molecule is CN1C(C(=O)O)CCC1C(=O)NCc1ccccc1. The summed E-state index contributed by atoms with van der Waals surface area (Å²) in [7, 11) is 1.69. The van der Waals surface area contributed by atoms with Crippen molar-refractivity contribution in [1.82, 2.24) is 10.2 Å². The summed E-state index contributed by atoms with van der Waals surface area (Å²) in [5.74, 6) is -0.962. The molecule has 2 unspecified atom stereocenters. The van der Waals surface area contributed by atoms with Gasteiger partial charge in [-0.05, 0) is 25.5 Å². The summed E-state index contributed by atoms with van der Waals surface area (Å²) in [6, 6.07) is 8.76. The van der Waals surface area contributed by atoms with Crippen LogP contribution in [0.1, 0.15) is 18.4 Å². The molecular formula is C14H18N2O3. The number of rotatable bonds is 4. The number of benzene rings is 1. The largest absolute Gasteiger partial charge is 0.480 e. The molecule has 0 saturated carbocycles. The number of carboxylic acid groups (broad SMARTS) is 1. The van der Waals surface area contributed by atoms with Gasteiger partial charge in [-0.3, -0.25) is 14.5 Å². The van der Waals surface area contributed by atoms with Crippen LogP contribution in [-0.4, -0.2) is 41.0 Å². The molecule has 2 atom stereocenters. The standard InChI is InChI=1S/C14H18N2O3/c1-16-11(7-8-12(16)14(18)19)13(17)15-9-10-5-3-2-4-6-10/h2-6,11-12H,7-9H2,1H3,(H,15,17)(H,18,19). The Kier molecular flexibility index (Phi) is 4.16. The number of aliphatic carboxylic acids is 1. The van der Waals surface area contributed by atoms with Gasteiger partial charge in [0.2, 0.25) is 5.91 Å². The first kappa shape index (κ1) is 13.5. The minimum absolute atomic E-state index is 0.102. The van der Waals surface area contributed by atoms with Gasteiger partial charge in [-0.2, -0.15) is 0 Å². The normalized spacial score (nSPS) is 23.2. The highest BCUT2D eigenvalue weighted by atomic mass is 16.4. The Bertz CT molecular complexity index is 461. The molecule has 19 heavy (non-hydrogen) atoms. The van der Waals surface area contributed by atoms with E-state index in [9.17, 15) is 9.59 Å². The quantitative estimate of drug-likeness (QED) is 0.844. The molecule has 2 N–H and O–H groups in total. The Hall–Kier alpha value is -1.88. The van der Waals surface area contributed by atoms with Crippen LogP contribution in [0.2, 0.25) is 0 Å². The lowest BCUT2D eigenvalue weighted by Crippen LogP contribution is -2.45. The van der Waals surface area contributed by atoms with Gasteiger partial charge < -0.3 is 10.4 Å². The number of carboxylic acids is 1. The first-order valence-electron chi connectivity index (χ1n) is 6.36. The van der Waals surface area contributed by atoms with Gasteiger partial charge in [0.05, 0.1) is 6.04 Å². The fourth-order valence-electron chi connectivity index (χ4n) is 2.46. The minimum Gasteiger partial charge on any atom is -0.480 e. The maximum Gasteiger partial charge on any atom is 0.320 e. The van der Waals surface area contributed by atoms with Crippen LogP contribution in [0.4, 0.5) is 0 Å². The molecule has 1 aromatic carbocycles. The Morgan fingerprint density at radius 3 is 2.47 bits per heavy atom. The summed E-state index contributed by atoms with van der Waals surface area (Å²) in [4.78, 5) is 24.7. The summed E-state index contributed by atoms with van der Waals surface area (Å²) < 4.78 is 0. The van der Waals surface area contributed by atoms with Gasteiger partial charge in [0.1, 0.15) is 6.04 Å². The van der Waals surface area contributed by atoms with E-state index in [1.807, 2.05) is 30.3 Å². The number of likely N-dealkylation sites (tertiary alicyclic amines) is 1. The zero-order valence-corrected chi connectivity index (χ0v) is 10.9. The van der Waals surface area contributed by atoms with E-state index < -0.39 is 12.0 Å². The summed E-state index contributed by atoms with van der Waals surface area (Å²) in [6.07, 6.45) is 1.11. The lowest BCUT2D eigenvalue weighted by Gasteiger charge is -2.22. The van der Waals surface area contributed by atoms with E-state index in [2.05, 4.69) is 5.32 Å². The van der Waals surface area contributed by atoms with E-state index in [4.69, 9.17) is 5.11 Å². The second kappa shape index (κ2) is 5.84. The molecule has 102 valence electrons. The van der Waals surface area contributed by atoms with Crippen LogP contribution < -0.4 is 5.32 Å². The van der Waals surface area contributed by atoms with Crippen molar-refractivity contribution < 1.29 is 14.7 Å². The Labute approximate surface area is 112 Å². The molecule has 5 heteroatoms. The van der Waals surface area contributed by atoms with Crippen molar-refractivity contribution >= 4 is 11.9 Å². The fraction of sp³-hybridized carbons (Fsp3) is 0.429. The molecule has 0 aliphatic carbocycles.